The second kappa shape index (κ2) is 11.7. The zero-order chi connectivity index (χ0) is 27.4. The summed E-state index contributed by atoms with van der Waals surface area (Å²) in [5.74, 6) is 0.358. The number of para-hydroxylation sites is 1. The van der Waals surface area contributed by atoms with Crippen molar-refractivity contribution < 1.29 is 13.2 Å². The van der Waals surface area contributed by atoms with Crippen LogP contribution in [-0.4, -0.2) is 51.7 Å². The van der Waals surface area contributed by atoms with Gasteiger partial charge in [-0.15, -0.1) is 10.2 Å². The van der Waals surface area contributed by atoms with E-state index in [1.165, 1.54) is 21.6 Å². The monoisotopic (exact) mass is 561 g/mol. The van der Waals surface area contributed by atoms with Crippen LogP contribution in [0.2, 0.25) is 0 Å². The van der Waals surface area contributed by atoms with Crippen LogP contribution in [0.1, 0.15) is 32.3 Å². The van der Waals surface area contributed by atoms with Gasteiger partial charge in [0.2, 0.25) is 15.9 Å². The minimum absolute atomic E-state index is 0.146. The highest BCUT2D eigenvalue weighted by atomic mass is 32.2. The lowest BCUT2D eigenvalue weighted by Gasteiger charge is -2.16. The van der Waals surface area contributed by atoms with E-state index in [1.54, 1.807) is 18.2 Å². The van der Waals surface area contributed by atoms with Crippen molar-refractivity contribution in [1.82, 2.24) is 19.1 Å². The van der Waals surface area contributed by atoms with Crippen LogP contribution in [0, 0.1) is 0 Å². The molecule has 39 heavy (non-hydrogen) atoms. The Kier molecular flexibility index (Phi) is 8.15. The van der Waals surface area contributed by atoms with E-state index in [0.29, 0.717) is 29.6 Å². The van der Waals surface area contributed by atoms with Gasteiger partial charge < -0.3 is 5.32 Å². The second-order valence-corrected chi connectivity index (χ2v) is 12.7. The van der Waals surface area contributed by atoms with Gasteiger partial charge in [-0.25, -0.2) is 8.42 Å². The molecule has 1 amide bonds. The number of rotatable bonds is 9. The summed E-state index contributed by atoms with van der Waals surface area (Å²) in [5.41, 5.74) is 3.39. The molecule has 0 aliphatic carbocycles. The third-order valence-corrected chi connectivity index (χ3v) is 9.66. The number of carbonyl (C=O) groups excluding carboxylic acids is 1. The maximum atomic E-state index is 13.2. The number of hydrogen-bond donors (Lipinski definition) is 1. The van der Waals surface area contributed by atoms with E-state index in [9.17, 15) is 13.2 Å². The van der Waals surface area contributed by atoms with Crippen molar-refractivity contribution in [3.63, 3.8) is 0 Å². The van der Waals surface area contributed by atoms with E-state index in [1.807, 2.05) is 72.2 Å². The average Bonchev–Trinajstić information content (AvgIpc) is 3.65. The first-order valence-corrected chi connectivity index (χ1v) is 15.4. The van der Waals surface area contributed by atoms with Gasteiger partial charge in [-0.2, -0.15) is 4.31 Å². The van der Waals surface area contributed by atoms with Crippen LogP contribution in [0.3, 0.4) is 0 Å². The highest BCUT2D eigenvalue weighted by molar-refractivity contribution is 8.00. The molecule has 1 aromatic heterocycles. The molecule has 1 aliphatic heterocycles. The van der Waals surface area contributed by atoms with Crippen molar-refractivity contribution in [2.24, 2.45) is 0 Å². The second-order valence-electron chi connectivity index (χ2n) is 9.42. The highest BCUT2D eigenvalue weighted by Crippen LogP contribution is 2.32. The lowest BCUT2D eigenvalue weighted by atomic mass is 10.1. The SMILES string of the molecule is CCc1ccc(NC(=O)[C@@H](C)Sc2nnc(-c3cccc(S(=O)(=O)N4CCCC4)c3)n2-c2ccccc2)cc1. The van der Waals surface area contributed by atoms with Gasteiger partial charge in [-0.1, -0.05) is 61.2 Å². The van der Waals surface area contributed by atoms with Gasteiger partial charge in [0.05, 0.1) is 10.1 Å². The van der Waals surface area contributed by atoms with Crippen LogP contribution in [0.5, 0.6) is 0 Å². The lowest BCUT2D eigenvalue weighted by Crippen LogP contribution is -2.27. The summed E-state index contributed by atoms with van der Waals surface area (Å²) < 4.78 is 29.8. The summed E-state index contributed by atoms with van der Waals surface area (Å²) in [5, 5.41) is 11.9. The third kappa shape index (κ3) is 5.93. The predicted octanol–water partition coefficient (Wildman–Crippen LogP) is 5.40. The van der Waals surface area contributed by atoms with Crippen LogP contribution in [0.15, 0.2) is 88.9 Å². The molecule has 0 spiro atoms. The number of sulfonamides is 1. The Balaban J connectivity index is 1.45. The number of nitrogens with zero attached hydrogens (tertiary/aromatic N) is 4. The first kappa shape index (κ1) is 27.1. The molecular weight excluding hydrogens is 530 g/mol. The molecule has 8 nitrogen and oxygen atoms in total. The fraction of sp³-hybridized carbons (Fsp3) is 0.276. The van der Waals surface area contributed by atoms with Gasteiger partial charge in [-0.3, -0.25) is 9.36 Å². The fourth-order valence-electron chi connectivity index (χ4n) is 4.50. The standard InChI is InChI=1S/C29H31N5O3S2/c1-3-22-14-16-24(17-15-22)30-28(35)21(2)38-29-32-31-27(34(29)25-11-5-4-6-12-25)23-10-9-13-26(20-23)39(36,37)33-18-7-8-19-33/h4-6,9-17,20-21H,3,7-8,18-19H2,1-2H3,(H,30,35)/t21-/m1/s1. The molecule has 202 valence electrons. The first-order chi connectivity index (χ1) is 18.9. The molecule has 3 aromatic carbocycles. The van der Waals surface area contributed by atoms with Gasteiger partial charge in [-0.05, 0) is 68.1 Å². The summed E-state index contributed by atoms with van der Waals surface area (Å²) in [6, 6.07) is 24.3. The zero-order valence-electron chi connectivity index (χ0n) is 21.9. The van der Waals surface area contributed by atoms with E-state index in [2.05, 4.69) is 22.4 Å². The molecule has 1 saturated heterocycles. The largest absolute Gasteiger partial charge is 0.325 e. The Morgan fingerprint density at radius 3 is 2.38 bits per heavy atom. The zero-order valence-corrected chi connectivity index (χ0v) is 23.6. The van der Waals surface area contributed by atoms with Crippen molar-refractivity contribution >= 4 is 33.4 Å². The van der Waals surface area contributed by atoms with E-state index in [4.69, 9.17) is 0 Å². The van der Waals surface area contributed by atoms with Gasteiger partial charge in [0.1, 0.15) is 0 Å². The summed E-state index contributed by atoms with van der Waals surface area (Å²) in [7, 11) is -3.59. The Bertz CT molecular complexity index is 1550. The molecule has 4 aromatic rings. The minimum Gasteiger partial charge on any atom is -0.325 e. The van der Waals surface area contributed by atoms with E-state index >= 15 is 0 Å². The van der Waals surface area contributed by atoms with Crippen LogP contribution in [0.4, 0.5) is 5.69 Å². The summed E-state index contributed by atoms with van der Waals surface area (Å²) in [4.78, 5) is 13.3. The molecule has 1 fully saturated rings. The van der Waals surface area contributed by atoms with Crippen molar-refractivity contribution in [3.05, 3.63) is 84.4 Å². The summed E-state index contributed by atoms with van der Waals surface area (Å²) >= 11 is 1.30. The van der Waals surface area contributed by atoms with Crippen molar-refractivity contribution in [2.45, 2.75) is 48.4 Å². The maximum absolute atomic E-state index is 13.2. The molecule has 0 unspecified atom stereocenters. The number of nitrogens with one attached hydrogen (secondary N) is 1. The van der Waals surface area contributed by atoms with Gasteiger partial charge in [0.15, 0.2) is 11.0 Å². The molecule has 0 bridgehead atoms. The molecule has 0 saturated carbocycles. The Morgan fingerprint density at radius 1 is 0.974 bits per heavy atom. The third-order valence-electron chi connectivity index (χ3n) is 6.72. The van der Waals surface area contributed by atoms with Gasteiger partial charge >= 0.3 is 0 Å². The van der Waals surface area contributed by atoms with Crippen molar-refractivity contribution in [3.8, 4) is 17.1 Å². The van der Waals surface area contributed by atoms with Gasteiger partial charge in [0.25, 0.3) is 0 Å². The van der Waals surface area contributed by atoms with Crippen LogP contribution in [-0.2, 0) is 21.2 Å². The number of carbonyl (C=O) groups is 1. The maximum Gasteiger partial charge on any atom is 0.243 e. The molecule has 5 rings (SSSR count). The van der Waals surface area contributed by atoms with Crippen LogP contribution in [0.25, 0.3) is 17.1 Å². The predicted molar refractivity (Wildman–Crippen MR) is 155 cm³/mol. The smallest absolute Gasteiger partial charge is 0.243 e. The average molecular weight is 562 g/mol. The molecule has 1 atom stereocenters. The number of benzene rings is 3. The molecule has 1 N–H and O–H groups in total. The number of anilines is 1. The molecular formula is C29H31N5O3S2. The minimum atomic E-state index is -3.59. The molecule has 0 radical (unpaired) electrons. The Hall–Kier alpha value is -3.47. The van der Waals surface area contributed by atoms with Crippen molar-refractivity contribution in [1.29, 1.82) is 0 Å². The lowest BCUT2D eigenvalue weighted by molar-refractivity contribution is -0.115. The number of aryl methyl sites for hydroxylation is 1. The fourth-order valence-corrected chi connectivity index (χ4v) is 6.93. The van der Waals surface area contributed by atoms with Crippen molar-refractivity contribution in [2.75, 3.05) is 18.4 Å². The number of aromatic nitrogens is 3. The quantitative estimate of drug-likeness (QED) is 0.275. The molecule has 2 heterocycles. The molecule has 10 heteroatoms. The Morgan fingerprint density at radius 2 is 1.69 bits per heavy atom. The summed E-state index contributed by atoms with van der Waals surface area (Å²) in [6.07, 6.45) is 2.68. The van der Waals surface area contributed by atoms with E-state index in [0.717, 1.165) is 30.6 Å². The van der Waals surface area contributed by atoms with Gasteiger partial charge in [0, 0.05) is 30.0 Å². The highest BCUT2D eigenvalue weighted by Gasteiger charge is 2.28. The number of hydrogen-bond acceptors (Lipinski definition) is 6. The summed E-state index contributed by atoms with van der Waals surface area (Å²) in [6.45, 7) is 4.99. The Labute approximate surface area is 233 Å². The van der Waals surface area contributed by atoms with Crippen LogP contribution < -0.4 is 5.32 Å². The number of thioether (sulfide) groups is 1. The van der Waals surface area contributed by atoms with E-state index < -0.39 is 15.3 Å². The first-order valence-electron chi connectivity index (χ1n) is 13.0. The normalized spacial score (nSPS) is 14.8. The van der Waals surface area contributed by atoms with Crippen LogP contribution >= 0.6 is 11.8 Å². The number of amides is 1. The van der Waals surface area contributed by atoms with E-state index in [-0.39, 0.29) is 10.8 Å². The topological polar surface area (TPSA) is 97.2 Å². The molecule has 1 aliphatic rings.